The molecule has 12 heteroatoms. The van der Waals surface area contributed by atoms with Gasteiger partial charge in [-0.25, -0.2) is 18.7 Å². The first-order chi connectivity index (χ1) is 25.7. The van der Waals surface area contributed by atoms with Crippen molar-refractivity contribution in [2.75, 3.05) is 47.4 Å². The summed E-state index contributed by atoms with van der Waals surface area (Å²) in [5, 5.41) is 3.32. The lowest BCUT2D eigenvalue weighted by atomic mass is 9.93. The molecule has 0 radical (unpaired) electrons. The molecular formula is C41H42F2N6O4. The van der Waals surface area contributed by atoms with Crippen LogP contribution >= 0.6 is 0 Å². The Morgan fingerprint density at radius 1 is 0.623 bits per heavy atom. The van der Waals surface area contributed by atoms with E-state index in [9.17, 15) is 18.4 Å². The highest BCUT2D eigenvalue weighted by molar-refractivity contribution is 5.66. The summed E-state index contributed by atoms with van der Waals surface area (Å²) in [7, 11) is 4.98. The van der Waals surface area contributed by atoms with Crippen LogP contribution in [0.25, 0.3) is 33.5 Å². The van der Waals surface area contributed by atoms with Gasteiger partial charge < -0.3 is 19.7 Å². The lowest BCUT2D eigenvalue weighted by molar-refractivity contribution is 0.253. The Hall–Kier alpha value is -5.46. The van der Waals surface area contributed by atoms with E-state index in [0.717, 1.165) is 74.4 Å². The summed E-state index contributed by atoms with van der Waals surface area (Å²) in [6.07, 6.45) is 7.44. The van der Waals surface area contributed by atoms with E-state index in [1.165, 1.54) is 35.2 Å². The number of nitrogens with zero attached hydrogens (tertiary/aromatic N) is 5. The van der Waals surface area contributed by atoms with Crippen LogP contribution in [0.3, 0.4) is 0 Å². The summed E-state index contributed by atoms with van der Waals surface area (Å²) in [6, 6.07) is 20.1. The van der Waals surface area contributed by atoms with E-state index in [-0.39, 0.29) is 22.6 Å². The molecule has 10 nitrogen and oxygen atoms in total. The molecule has 0 spiro atoms. The number of nitrogens with one attached hydrogen (secondary N) is 1. The van der Waals surface area contributed by atoms with Crippen LogP contribution in [-0.4, -0.2) is 71.1 Å². The lowest BCUT2D eigenvalue weighted by Crippen LogP contribution is -2.30. The fourth-order valence-corrected chi connectivity index (χ4v) is 7.12. The van der Waals surface area contributed by atoms with Gasteiger partial charge in [0, 0.05) is 36.4 Å². The molecule has 6 heterocycles. The van der Waals surface area contributed by atoms with Crippen molar-refractivity contribution < 1.29 is 18.3 Å². The van der Waals surface area contributed by atoms with Gasteiger partial charge in [-0.05, 0) is 130 Å². The van der Waals surface area contributed by atoms with Gasteiger partial charge in [-0.2, -0.15) is 0 Å². The molecule has 4 aromatic heterocycles. The summed E-state index contributed by atoms with van der Waals surface area (Å²) in [5.74, 6) is 0.176. The Morgan fingerprint density at radius 2 is 1.06 bits per heavy atom. The molecule has 2 aliphatic rings. The number of hydrogen-bond donors (Lipinski definition) is 1. The number of likely N-dealkylation sites (tertiary alicyclic amines) is 1. The van der Waals surface area contributed by atoms with Crippen LogP contribution in [0, 0.1) is 11.6 Å². The molecule has 0 unspecified atom stereocenters. The molecular weight excluding hydrogens is 678 g/mol. The smallest absolute Gasteiger partial charge is 0.258 e. The van der Waals surface area contributed by atoms with E-state index in [1.807, 2.05) is 24.3 Å². The fraction of sp³-hybridized carbons (Fsp3) is 0.317. The minimum atomic E-state index is -0.433. The maximum Gasteiger partial charge on any atom is 0.258 e. The molecule has 53 heavy (non-hydrogen) atoms. The number of piperidine rings is 2. The van der Waals surface area contributed by atoms with Crippen LogP contribution in [0.2, 0.25) is 0 Å². The molecule has 0 atom stereocenters. The molecule has 0 bridgehead atoms. The molecule has 0 amide bonds. The first-order valence-corrected chi connectivity index (χ1v) is 17.8. The summed E-state index contributed by atoms with van der Waals surface area (Å²) >= 11 is 0. The monoisotopic (exact) mass is 720 g/mol. The molecule has 2 saturated heterocycles. The van der Waals surface area contributed by atoms with Gasteiger partial charge in [-0.1, -0.05) is 12.1 Å². The second-order valence-electron chi connectivity index (χ2n) is 13.6. The second kappa shape index (κ2) is 15.6. The molecule has 2 aromatic carbocycles. The van der Waals surface area contributed by atoms with Crippen molar-refractivity contribution in [1.29, 1.82) is 0 Å². The first-order valence-electron chi connectivity index (χ1n) is 17.8. The number of benzene rings is 2. The summed E-state index contributed by atoms with van der Waals surface area (Å²) in [6.45, 7) is 3.95. The normalized spacial score (nSPS) is 15.6. The van der Waals surface area contributed by atoms with E-state index in [1.54, 1.807) is 48.8 Å². The number of aromatic nitrogens is 4. The number of pyridine rings is 2. The van der Waals surface area contributed by atoms with Crippen LogP contribution < -0.4 is 25.9 Å². The molecule has 8 rings (SSSR count). The molecule has 2 aliphatic heterocycles. The standard InChI is InChI=1S/C21H22FN3O2.C20H20FN3O2/c1-24-9-7-14(8-10-24)18-12-21(26)25-13-16(4-6-20(25)23-18)15-3-5-19(27-2)17(22)11-15;1-26-18-4-2-14(10-16(18)21)15-3-5-19-23-17(11-20(25)24(19)12-15)13-6-8-22-9-7-13/h3-6,11-14H,7-10H2,1-2H3;2-5,10-13,22H,6-9H2,1H3. The van der Waals surface area contributed by atoms with Gasteiger partial charge in [-0.15, -0.1) is 0 Å². The van der Waals surface area contributed by atoms with Gasteiger partial charge >= 0.3 is 0 Å². The molecule has 274 valence electrons. The highest BCUT2D eigenvalue weighted by Gasteiger charge is 2.21. The van der Waals surface area contributed by atoms with E-state index in [2.05, 4.69) is 22.2 Å². The topological polar surface area (TPSA) is 102 Å². The van der Waals surface area contributed by atoms with Crippen LogP contribution in [0.15, 0.2) is 94.8 Å². The van der Waals surface area contributed by atoms with Gasteiger partial charge in [0.1, 0.15) is 11.3 Å². The van der Waals surface area contributed by atoms with Crippen molar-refractivity contribution in [3.63, 3.8) is 0 Å². The third-order valence-electron chi connectivity index (χ3n) is 10.2. The maximum absolute atomic E-state index is 14.0. The van der Waals surface area contributed by atoms with E-state index >= 15 is 0 Å². The Morgan fingerprint density at radius 3 is 1.49 bits per heavy atom. The third-order valence-corrected chi connectivity index (χ3v) is 10.2. The molecule has 6 aromatic rings. The Balaban J connectivity index is 0.000000164. The van der Waals surface area contributed by atoms with Crippen LogP contribution in [0.4, 0.5) is 8.78 Å². The zero-order valence-electron chi connectivity index (χ0n) is 30.0. The zero-order valence-corrected chi connectivity index (χ0v) is 30.0. The number of rotatable bonds is 6. The number of hydrogen-bond acceptors (Lipinski definition) is 8. The van der Waals surface area contributed by atoms with Crippen LogP contribution in [0.1, 0.15) is 48.9 Å². The van der Waals surface area contributed by atoms with E-state index < -0.39 is 11.6 Å². The first kappa shape index (κ1) is 35.9. The second-order valence-corrected chi connectivity index (χ2v) is 13.6. The minimum absolute atomic E-state index is 0.107. The van der Waals surface area contributed by atoms with Gasteiger partial charge in [0.15, 0.2) is 23.1 Å². The number of fused-ring (bicyclic) bond motifs is 2. The van der Waals surface area contributed by atoms with Crippen LogP contribution in [0.5, 0.6) is 11.5 Å². The Labute approximate surface area is 305 Å². The Bertz CT molecular complexity index is 2380. The van der Waals surface area contributed by atoms with Crippen molar-refractivity contribution in [2.45, 2.75) is 37.5 Å². The number of ether oxygens (including phenoxy) is 2. The van der Waals surface area contributed by atoms with Crippen molar-refractivity contribution in [3.05, 3.63) is 129 Å². The molecule has 0 aliphatic carbocycles. The van der Waals surface area contributed by atoms with Crippen molar-refractivity contribution in [2.24, 2.45) is 0 Å². The van der Waals surface area contributed by atoms with Gasteiger partial charge in [0.05, 0.1) is 25.6 Å². The van der Waals surface area contributed by atoms with Crippen molar-refractivity contribution in [3.8, 4) is 33.8 Å². The average molecular weight is 721 g/mol. The lowest BCUT2D eigenvalue weighted by Gasteiger charge is -2.28. The molecule has 2 fully saturated rings. The SMILES string of the molecule is COc1ccc(-c2ccc3nc(C4CCN(C)CC4)cc(=O)n3c2)cc1F.COc1ccc(-c2ccc3nc(C4CCNCC4)cc(=O)n3c2)cc1F. The quantitative estimate of drug-likeness (QED) is 0.214. The average Bonchev–Trinajstić information content (AvgIpc) is 3.18. The number of halogens is 2. The molecule has 1 N–H and O–H groups in total. The Kier molecular flexibility index (Phi) is 10.6. The van der Waals surface area contributed by atoms with Gasteiger partial charge in [-0.3, -0.25) is 18.4 Å². The summed E-state index contributed by atoms with van der Waals surface area (Å²) in [5.41, 5.74) is 5.61. The van der Waals surface area contributed by atoms with Crippen LogP contribution in [-0.2, 0) is 0 Å². The molecule has 0 saturated carbocycles. The van der Waals surface area contributed by atoms with Gasteiger partial charge in [0.25, 0.3) is 11.1 Å². The summed E-state index contributed by atoms with van der Waals surface area (Å²) in [4.78, 5) is 37.0. The zero-order chi connectivity index (χ0) is 37.1. The minimum Gasteiger partial charge on any atom is -0.494 e. The largest absolute Gasteiger partial charge is 0.494 e. The van der Waals surface area contributed by atoms with Crippen molar-refractivity contribution >= 4 is 11.3 Å². The van der Waals surface area contributed by atoms with E-state index in [4.69, 9.17) is 14.5 Å². The highest BCUT2D eigenvalue weighted by atomic mass is 19.1. The summed E-state index contributed by atoms with van der Waals surface area (Å²) < 4.78 is 40.9. The predicted molar refractivity (Wildman–Crippen MR) is 201 cm³/mol. The highest BCUT2D eigenvalue weighted by Crippen LogP contribution is 2.29. The maximum atomic E-state index is 14.0. The number of methoxy groups -OCH3 is 2. The van der Waals surface area contributed by atoms with Gasteiger partial charge in [0.2, 0.25) is 0 Å². The van der Waals surface area contributed by atoms with Crippen molar-refractivity contribution in [1.82, 2.24) is 29.0 Å². The third kappa shape index (κ3) is 7.84. The fourth-order valence-electron chi connectivity index (χ4n) is 7.12. The predicted octanol–water partition coefficient (Wildman–Crippen LogP) is 6.29. The van der Waals surface area contributed by atoms with E-state index in [0.29, 0.717) is 34.3 Å².